The monoisotopic (exact) mass is 348 g/mol. The SMILES string of the molecule is CCCOC(=O)CCCCCCCCC(=O)OCc1ccc(C)cc1. The van der Waals surface area contributed by atoms with E-state index in [9.17, 15) is 9.59 Å². The van der Waals surface area contributed by atoms with Crippen molar-refractivity contribution in [2.45, 2.75) is 78.2 Å². The molecule has 0 saturated heterocycles. The maximum Gasteiger partial charge on any atom is 0.306 e. The zero-order valence-electron chi connectivity index (χ0n) is 15.7. The van der Waals surface area contributed by atoms with Crippen molar-refractivity contribution in [3.05, 3.63) is 35.4 Å². The zero-order chi connectivity index (χ0) is 18.3. The molecule has 1 rings (SSSR count). The number of carbonyl (C=O) groups excluding carboxylic acids is 2. The lowest BCUT2D eigenvalue weighted by molar-refractivity contribution is -0.145. The Morgan fingerprint density at radius 1 is 0.800 bits per heavy atom. The van der Waals surface area contributed by atoms with Crippen LogP contribution in [0.25, 0.3) is 0 Å². The van der Waals surface area contributed by atoms with Gasteiger partial charge in [0.2, 0.25) is 0 Å². The van der Waals surface area contributed by atoms with Gasteiger partial charge in [0.15, 0.2) is 0 Å². The van der Waals surface area contributed by atoms with Crippen LogP contribution in [0.2, 0.25) is 0 Å². The molecule has 0 radical (unpaired) electrons. The number of aryl methyl sites for hydroxylation is 1. The topological polar surface area (TPSA) is 52.6 Å². The Labute approximate surface area is 151 Å². The molecule has 25 heavy (non-hydrogen) atoms. The van der Waals surface area contributed by atoms with Crippen LogP contribution in [0.4, 0.5) is 0 Å². The van der Waals surface area contributed by atoms with Crippen molar-refractivity contribution in [1.82, 2.24) is 0 Å². The van der Waals surface area contributed by atoms with Crippen molar-refractivity contribution in [1.29, 1.82) is 0 Å². The molecule has 0 heterocycles. The Kier molecular flexibility index (Phi) is 11.4. The van der Waals surface area contributed by atoms with Gasteiger partial charge in [-0.15, -0.1) is 0 Å². The van der Waals surface area contributed by atoms with E-state index in [2.05, 4.69) is 0 Å². The second kappa shape index (κ2) is 13.5. The van der Waals surface area contributed by atoms with E-state index in [1.54, 1.807) is 0 Å². The minimum atomic E-state index is -0.126. The van der Waals surface area contributed by atoms with Crippen molar-refractivity contribution >= 4 is 11.9 Å². The van der Waals surface area contributed by atoms with Crippen LogP contribution in [0, 0.1) is 6.92 Å². The molecule has 4 heteroatoms. The maximum absolute atomic E-state index is 11.7. The highest BCUT2D eigenvalue weighted by Gasteiger charge is 2.04. The highest BCUT2D eigenvalue weighted by atomic mass is 16.5. The van der Waals surface area contributed by atoms with Gasteiger partial charge in [0.05, 0.1) is 6.61 Å². The van der Waals surface area contributed by atoms with E-state index in [1.165, 1.54) is 5.56 Å². The summed E-state index contributed by atoms with van der Waals surface area (Å²) >= 11 is 0. The van der Waals surface area contributed by atoms with Crippen LogP contribution in [0.3, 0.4) is 0 Å². The Morgan fingerprint density at radius 2 is 1.32 bits per heavy atom. The molecule has 0 saturated carbocycles. The predicted molar refractivity (Wildman–Crippen MR) is 99.2 cm³/mol. The third-order valence-corrected chi connectivity index (χ3v) is 4.00. The highest BCUT2D eigenvalue weighted by molar-refractivity contribution is 5.69. The van der Waals surface area contributed by atoms with Gasteiger partial charge in [-0.2, -0.15) is 0 Å². The molecular formula is C21H32O4. The Balaban J connectivity index is 1.92. The first-order valence-electron chi connectivity index (χ1n) is 9.48. The fourth-order valence-electron chi connectivity index (χ4n) is 2.45. The number of hydrogen-bond acceptors (Lipinski definition) is 4. The summed E-state index contributed by atoms with van der Waals surface area (Å²) in [7, 11) is 0. The van der Waals surface area contributed by atoms with Crippen LogP contribution < -0.4 is 0 Å². The van der Waals surface area contributed by atoms with Crippen molar-refractivity contribution in [3.63, 3.8) is 0 Å². The molecule has 0 aliphatic carbocycles. The first-order valence-corrected chi connectivity index (χ1v) is 9.48. The van der Waals surface area contributed by atoms with Crippen LogP contribution in [0.1, 0.15) is 75.8 Å². The van der Waals surface area contributed by atoms with Crippen LogP contribution in [-0.4, -0.2) is 18.5 Å². The van der Waals surface area contributed by atoms with Crippen molar-refractivity contribution in [2.75, 3.05) is 6.61 Å². The van der Waals surface area contributed by atoms with Crippen LogP contribution in [-0.2, 0) is 25.7 Å². The zero-order valence-corrected chi connectivity index (χ0v) is 15.7. The van der Waals surface area contributed by atoms with Crippen LogP contribution >= 0.6 is 0 Å². The third kappa shape index (κ3) is 11.4. The number of hydrogen-bond donors (Lipinski definition) is 0. The summed E-state index contributed by atoms with van der Waals surface area (Å²) in [6, 6.07) is 8.01. The predicted octanol–water partition coefficient (Wildman–Crippen LogP) is 5.11. The van der Waals surface area contributed by atoms with Crippen LogP contribution in [0.5, 0.6) is 0 Å². The molecule has 0 amide bonds. The number of ether oxygens (including phenoxy) is 2. The normalized spacial score (nSPS) is 10.5. The first-order chi connectivity index (χ1) is 12.1. The summed E-state index contributed by atoms with van der Waals surface area (Å²) in [5, 5.41) is 0. The largest absolute Gasteiger partial charge is 0.466 e. The summed E-state index contributed by atoms with van der Waals surface area (Å²) in [5.41, 5.74) is 2.23. The van der Waals surface area contributed by atoms with Gasteiger partial charge < -0.3 is 9.47 Å². The molecular weight excluding hydrogens is 316 g/mol. The molecule has 0 fully saturated rings. The van der Waals surface area contributed by atoms with Gasteiger partial charge in [0, 0.05) is 12.8 Å². The van der Waals surface area contributed by atoms with Gasteiger partial charge in [0.1, 0.15) is 6.61 Å². The quantitative estimate of drug-likeness (QED) is 0.367. The molecule has 0 aromatic heterocycles. The average Bonchev–Trinajstić information content (AvgIpc) is 2.61. The molecule has 0 atom stereocenters. The van der Waals surface area contributed by atoms with Gasteiger partial charge in [-0.1, -0.05) is 62.4 Å². The molecule has 0 bridgehead atoms. The maximum atomic E-state index is 11.7. The second-order valence-corrected chi connectivity index (χ2v) is 6.49. The first kappa shape index (κ1) is 21.2. The summed E-state index contributed by atoms with van der Waals surface area (Å²) < 4.78 is 10.3. The van der Waals surface area contributed by atoms with Crippen LogP contribution in [0.15, 0.2) is 24.3 Å². The molecule has 1 aromatic carbocycles. The lowest BCUT2D eigenvalue weighted by Crippen LogP contribution is -2.05. The van der Waals surface area contributed by atoms with Gasteiger partial charge >= 0.3 is 11.9 Å². The average molecular weight is 348 g/mol. The van der Waals surface area contributed by atoms with Gasteiger partial charge in [-0.3, -0.25) is 9.59 Å². The van der Waals surface area contributed by atoms with E-state index in [1.807, 2.05) is 38.1 Å². The van der Waals surface area contributed by atoms with Crippen molar-refractivity contribution < 1.29 is 19.1 Å². The molecule has 0 unspecified atom stereocenters. The van der Waals surface area contributed by atoms with Crippen molar-refractivity contribution in [3.8, 4) is 0 Å². The number of benzene rings is 1. The molecule has 0 spiro atoms. The minimum Gasteiger partial charge on any atom is -0.466 e. The van der Waals surface area contributed by atoms with Gasteiger partial charge in [0.25, 0.3) is 0 Å². The third-order valence-electron chi connectivity index (χ3n) is 4.00. The van der Waals surface area contributed by atoms with E-state index in [0.29, 0.717) is 26.1 Å². The lowest BCUT2D eigenvalue weighted by Gasteiger charge is -2.06. The lowest BCUT2D eigenvalue weighted by atomic mass is 10.1. The summed E-state index contributed by atoms with van der Waals surface area (Å²) in [6.07, 6.45) is 7.89. The van der Waals surface area contributed by atoms with Crippen molar-refractivity contribution in [2.24, 2.45) is 0 Å². The van der Waals surface area contributed by atoms with E-state index in [-0.39, 0.29) is 11.9 Å². The smallest absolute Gasteiger partial charge is 0.306 e. The molecule has 0 N–H and O–H groups in total. The number of carbonyl (C=O) groups is 2. The minimum absolute atomic E-state index is 0.0850. The summed E-state index contributed by atoms with van der Waals surface area (Å²) in [6.45, 7) is 4.91. The fourth-order valence-corrected chi connectivity index (χ4v) is 2.45. The van der Waals surface area contributed by atoms with E-state index >= 15 is 0 Å². The number of rotatable bonds is 13. The Hall–Kier alpha value is -1.84. The van der Waals surface area contributed by atoms with Gasteiger partial charge in [-0.25, -0.2) is 0 Å². The Morgan fingerprint density at radius 3 is 1.88 bits per heavy atom. The summed E-state index contributed by atoms with van der Waals surface area (Å²) in [5.74, 6) is -0.211. The van der Waals surface area contributed by atoms with E-state index in [4.69, 9.17) is 9.47 Å². The Bertz CT molecular complexity index is 493. The highest BCUT2D eigenvalue weighted by Crippen LogP contribution is 2.10. The molecule has 1 aromatic rings. The van der Waals surface area contributed by atoms with E-state index < -0.39 is 0 Å². The number of unbranched alkanes of at least 4 members (excludes halogenated alkanes) is 5. The fraction of sp³-hybridized carbons (Fsp3) is 0.619. The molecule has 140 valence electrons. The molecule has 0 aliphatic rings. The van der Waals surface area contributed by atoms with Gasteiger partial charge in [-0.05, 0) is 31.7 Å². The molecule has 4 nitrogen and oxygen atoms in total. The number of esters is 2. The van der Waals surface area contributed by atoms with E-state index in [0.717, 1.165) is 50.5 Å². The summed E-state index contributed by atoms with van der Waals surface area (Å²) in [4.78, 5) is 23.0. The second-order valence-electron chi connectivity index (χ2n) is 6.49. The molecule has 0 aliphatic heterocycles. The standard InChI is InChI=1S/C21H32O4/c1-3-16-24-20(22)10-8-6-4-5-7-9-11-21(23)25-17-19-14-12-18(2)13-15-19/h12-15H,3-11,16-17H2,1-2H3.